The molecule has 2 amide bonds. The molecule has 0 unspecified atom stereocenters. The number of aromatic nitrogens is 2. The largest absolute Gasteiger partial charge is 0.370 e. The van der Waals surface area contributed by atoms with Crippen LogP contribution in [0.1, 0.15) is 19.8 Å². The summed E-state index contributed by atoms with van der Waals surface area (Å²) in [4.78, 5) is 26.0. The second-order valence-electron chi connectivity index (χ2n) is 4.13. The van der Waals surface area contributed by atoms with Gasteiger partial charge in [-0.15, -0.1) is 0 Å². The number of nitrogens with two attached hydrogens (primary N) is 1. The lowest BCUT2D eigenvalue weighted by Gasteiger charge is -2.09. The SMILES string of the molecule is C[C@H](CC(N)=O)CC(=O)NCCn1ccnc1. The van der Waals surface area contributed by atoms with Gasteiger partial charge < -0.3 is 15.6 Å². The fourth-order valence-corrected chi connectivity index (χ4v) is 1.55. The smallest absolute Gasteiger partial charge is 0.220 e. The molecule has 3 N–H and O–H groups in total. The van der Waals surface area contributed by atoms with Crippen molar-refractivity contribution < 1.29 is 9.59 Å². The van der Waals surface area contributed by atoms with E-state index in [1.54, 1.807) is 12.5 Å². The molecule has 0 saturated carbocycles. The summed E-state index contributed by atoms with van der Waals surface area (Å²) in [5, 5.41) is 2.79. The maximum absolute atomic E-state index is 11.5. The molecular weight excluding hydrogens is 220 g/mol. The van der Waals surface area contributed by atoms with Crippen LogP contribution in [0.15, 0.2) is 18.7 Å². The molecular formula is C11H18N4O2. The first-order chi connectivity index (χ1) is 8.08. The van der Waals surface area contributed by atoms with Gasteiger partial charge in [0, 0.05) is 38.3 Å². The van der Waals surface area contributed by atoms with E-state index in [1.165, 1.54) is 0 Å². The molecule has 0 saturated heterocycles. The van der Waals surface area contributed by atoms with Crippen LogP contribution in [-0.2, 0) is 16.1 Å². The van der Waals surface area contributed by atoms with Gasteiger partial charge in [-0.1, -0.05) is 6.92 Å². The fourth-order valence-electron chi connectivity index (χ4n) is 1.55. The summed E-state index contributed by atoms with van der Waals surface area (Å²) in [5.41, 5.74) is 5.05. The number of nitrogens with zero attached hydrogens (tertiary/aromatic N) is 2. The molecule has 6 heteroatoms. The number of imidazole rings is 1. The number of rotatable bonds is 7. The van der Waals surface area contributed by atoms with Crippen molar-refractivity contribution in [2.75, 3.05) is 6.54 Å². The summed E-state index contributed by atoms with van der Waals surface area (Å²) >= 11 is 0. The standard InChI is InChI=1S/C11H18N4O2/c1-9(6-10(12)16)7-11(17)14-3-5-15-4-2-13-8-15/h2,4,8-9H,3,5-7H2,1H3,(H2,12,16)(H,14,17)/t9-/m1/s1. The monoisotopic (exact) mass is 238 g/mol. The highest BCUT2D eigenvalue weighted by Crippen LogP contribution is 2.05. The van der Waals surface area contributed by atoms with Crippen LogP contribution >= 0.6 is 0 Å². The Hall–Kier alpha value is -1.85. The zero-order valence-electron chi connectivity index (χ0n) is 9.93. The van der Waals surface area contributed by atoms with Crippen LogP contribution in [0, 0.1) is 5.92 Å². The van der Waals surface area contributed by atoms with Gasteiger partial charge in [-0.05, 0) is 5.92 Å². The number of amides is 2. The molecule has 0 aliphatic carbocycles. The summed E-state index contributed by atoms with van der Waals surface area (Å²) in [5.74, 6) is -0.441. The number of hydrogen-bond acceptors (Lipinski definition) is 3. The Kier molecular flexibility index (Phi) is 5.19. The molecule has 1 aromatic heterocycles. The zero-order chi connectivity index (χ0) is 12.7. The molecule has 1 rings (SSSR count). The van der Waals surface area contributed by atoms with Crippen molar-refractivity contribution in [3.05, 3.63) is 18.7 Å². The van der Waals surface area contributed by atoms with E-state index in [0.29, 0.717) is 19.5 Å². The number of hydrogen-bond donors (Lipinski definition) is 2. The van der Waals surface area contributed by atoms with Crippen LogP contribution in [0.2, 0.25) is 0 Å². The normalized spacial score (nSPS) is 12.1. The third-order valence-electron chi connectivity index (χ3n) is 2.33. The molecule has 1 aromatic rings. The van der Waals surface area contributed by atoms with Crippen molar-refractivity contribution in [3.63, 3.8) is 0 Å². The van der Waals surface area contributed by atoms with Crippen molar-refractivity contribution in [1.82, 2.24) is 14.9 Å². The Morgan fingerprint density at radius 1 is 1.47 bits per heavy atom. The molecule has 6 nitrogen and oxygen atoms in total. The maximum atomic E-state index is 11.5. The molecule has 0 fully saturated rings. The average molecular weight is 238 g/mol. The van der Waals surface area contributed by atoms with Gasteiger partial charge in [0.2, 0.25) is 11.8 Å². The summed E-state index contributed by atoms with van der Waals surface area (Å²) in [7, 11) is 0. The van der Waals surface area contributed by atoms with E-state index >= 15 is 0 Å². The van der Waals surface area contributed by atoms with Crippen molar-refractivity contribution in [3.8, 4) is 0 Å². The highest BCUT2D eigenvalue weighted by molar-refractivity contribution is 5.78. The molecule has 1 heterocycles. The summed E-state index contributed by atoms with van der Waals surface area (Å²) in [6.45, 7) is 3.08. The first kappa shape index (κ1) is 13.2. The van der Waals surface area contributed by atoms with E-state index in [9.17, 15) is 9.59 Å². The van der Waals surface area contributed by atoms with Crippen molar-refractivity contribution >= 4 is 11.8 Å². The van der Waals surface area contributed by atoms with Crippen LogP contribution < -0.4 is 11.1 Å². The van der Waals surface area contributed by atoms with E-state index in [-0.39, 0.29) is 24.2 Å². The molecule has 94 valence electrons. The van der Waals surface area contributed by atoms with Crippen molar-refractivity contribution in [2.24, 2.45) is 11.7 Å². The Bertz CT molecular complexity index is 362. The highest BCUT2D eigenvalue weighted by Gasteiger charge is 2.10. The van der Waals surface area contributed by atoms with Gasteiger partial charge in [-0.25, -0.2) is 4.98 Å². The number of carbonyl (C=O) groups is 2. The van der Waals surface area contributed by atoms with E-state index < -0.39 is 0 Å². The predicted molar refractivity (Wildman–Crippen MR) is 62.8 cm³/mol. The molecule has 0 aromatic carbocycles. The molecule has 17 heavy (non-hydrogen) atoms. The first-order valence-electron chi connectivity index (χ1n) is 5.58. The lowest BCUT2D eigenvalue weighted by Crippen LogP contribution is -2.29. The lowest BCUT2D eigenvalue weighted by molar-refractivity contribution is -0.122. The minimum atomic E-state index is -0.372. The minimum Gasteiger partial charge on any atom is -0.370 e. The Morgan fingerprint density at radius 2 is 2.24 bits per heavy atom. The summed E-state index contributed by atoms with van der Waals surface area (Å²) in [6.07, 6.45) is 5.79. The van der Waals surface area contributed by atoms with Crippen LogP contribution in [0.25, 0.3) is 0 Å². The maximum Gasteiger partial charge on any atom is 0.220 e. The number of primary amides is 1. The van der Waals surface area contributed by atoms with E-state index in [0.717, 1.165) is 0 Å². The quantitative estimate of drug-likeness (QED) is 0.695. The Labute approximate surface area is 100 Å². The molecule has 0 radical (unpaired) electrons. The van der Waals surface area contributed by atoms with Gasteiger partial charge in [0.25, 0.3) is 0 Å². The molecule has 0 aliphatic rings. The van der Waals surface area contributed by atoms with Gasteiger partial charge in [-0.2, -0.15) is 0 Å². The van der Waals surface area contributed by atoms with Crippen LogP contribution in [-0.4, -0.2) is 27.9 Å². The third kappa shape index (κ3) is 5.70. The highest BCUT2D eigenvalue weighted by atomic mass is 16.2. The topological polar surface area (TPSA) is 90.0 Å². The predicted octanol–water partition coefficient (Wildman–Crippen LogP) is -0.0991. The average Bonchev–Trinajstić information content (AvgIpc) is 2.68. The van der Waals surface area contributed by atoms with Gasteiger partial charge in [0.1, 0.15) is 0 Å². The van der Waals surface area contributed by atoms with Crippen molar-refractivity contribution in [1.29, 1.82) is 0 Å². The van der Waals surface area contributed by atoms with Crippen molar-refractivity contribution in [2.45, 2.75) is 26.3 Å². The molecule has 0 aliphatic heterocycles. The number of nitrogens with one attached hydrogen (secondary N) is 1. The second-order valence-corrected chi connectivity index (χ2v) is 4.13. The third-order valence-corrected chi connectivity index (χ3v) is 2.33. The van der Waals surface area contributed by atoms with E-state index in [4.69, 9.17) is 5.73 Å². The summed E-state index contributed by atoms with van der Waals surface area (Å²) in [6, 6.07) is 0. The van der Waals surface area contributed by atoms with Gasteiger partial charge in [-0.3, -0.25) is 9.59 Å². The number of carbonyl (C=O) groups excluding carboxylic acids is 2. The molecule has 0 spiro atoms. The van der Waals surface area contributed by atoms with Crippen LogP contribution in [0.4, 0.5) is 0 Å². The second kappa shape index (κ2) is 6.67. The molecule has 1 atom stereocenters. The van der Waals surface area contributed by atoms with Crippen LogP contribution in [0.3, 0.4) is 0 Å². The lowest BCUT2D eigenvalue weighted by atomic mass is 10.0. The zero-order valence-corrected chi connectivity index (χ0v) is 9.93. The minimum absolute atomic E-state index is 0.0132. The summed E-state index contributed by atoms with van der Waals surface area (Å²) < 4.78 is 1.88. The van der Waals surface area contributed by atoms with E-state index in [2.05, 4.69) is 10.3 Å². The fraction of sp³-hybridized carbons (Fsp3) is 0.545. The first-order valence-corrected chi connectivity index (χ1v) is 5.58. The Balaban J connectivity index is 2.14. The van der Waals surface area contributed by atoms with Gasteiger partial charge in [0.05, 0.1) is 6.33 Å². The van der Waals surface area contributed by atoms with Gasteiger partial charge in [0.15, 0.2) is 0 Å². The van der Waals surface area contributed by atoms with Gasteiger partial charge >= 0.3 is 0 Å². The molecule has 0 bridgehead atoms. The van der Waals surface area contributed by atoms with Crippen LogP contribution in [0.5, 0.6) is 0 Å². The Morgan fingerprint density at radius 3 is 2.82 bits per heavy atom. The van der Waals surface area contributed by atoms with E-state index in [1.807, 2.05) is 17.7 Å².